The molecule has 172 valence electrons. The normalized spacial score (nSPS) is 12.3. The molecule has 0 saturated heterocycles. The minimum atomic E-state index is 0.0621. The first-order valence-corrected chi connectivity index (χ1v) is 12.8. The van der Waals surface area contributed by atoms with E-state index >= 15 is 0 Å². The van der Waals surface area contributed by atoms with E-state index in [1.807, 2.05) is 31.2 Å². The summed E-state index contributed by atoms with van der Waals surface area (Å²) in [6.45, 7) is 4.10. The monoisotopic (exact) mass is 487 g/mol. The largest absolute Gasteiger partial charge is 0.354 e. The van der Waals surface area contributed by atoms with Gasteiger partial charge in [-0.1, -0.05) is 48.9 Å². The molecule has 3 aromatic heterocycles. The average molecular weight is 488 g/mol. The van der Waals surface area contributed by atoms with Crippen LogP contribution in [0.25, 0.3) is 37.4 Å². The van der Waals surface area contributed by atoms with Gasteiger partial charge >= 0.3 is 0 Å². The van der Waals surface area contributed by atoms with Gasteiger partial charge in [0.25, 0.3) is 0 Å². The summed E-state index contributed by atoms with van der Waals surface area (Å²) in [6.07, 6.45) is 4.06. The number of carbonyl (C=O) groups is 1. The Morgan fingerprint density at radius 1 is 1.09 bits per heavy atom. The van der Waals surface area contributed by atoms with Crippen molar-refractivity contribution in [1.82, 2.24) is 14.7 Å². The summed E-state index contributed by atoms with van der Waals surface area (Å²) in [7, 11) is 0. The van der Waals surface area contributed by atoms with Crippen LogP contribution in [-0.4, -0.2) is 21.3 Å². The van der Waals surface area contributed by atoms with Crippen LogP contribution in [0.1, 0.15) is 32.4 Å². The molecule has 0 aliphatic heterocycles. The molecule has 0 fully saturated rings. The summed E-state index contributed by atoms with van der Waals surface area (Å²) in [5.41, 5.74) is 4.92. The van der Waals surface area contributed by atoms with E-state index in [1.54, 1.807) is 11.3 Å². The Morgan fingerprint density at radius 3 is 2.62 bits per heavy atom. The molecular weight excluding hydrogens is 462 g/mol. The third kappa shape index (κ3) is 4.59. The van der Waals surface area contributed by atoms with Crippen molar-refractivity contribution < 1.29 is 4.79 Å². The number of nitrogens with one attached hydrogen (secondary N) is 1. The lowest BCUT2D eigenvalue weighted by molar-refractivity contribution is -0.121. The van der Waals surface area contributed by atoms with Gasteiger partial charge in [0, 0.05) is 44.4 Å². The maximum absolute atomic E-state index is 12.6. The van der Waals surface area contributed by atoms with Crippen molar-refractivity contribution in [2.45, 2.75) is 39.2 Å². The predicted molar refractivity (Wildman–Crippen MR) is 143 cm³/mol. The molecular formula is C28H26ClN3OS. The maximum atomic E-state index is 12.6. The molecule has 5 rings (SSSR count). The van der Waals surface area contributed by atoms with Crippen LogP contribution in [0.2, 0.25) is 5.02 Å². The van der Waals surface area contributed by atoms with Gasteiger partial charge in [0.15, 0.2) is 0 Å². The van der Waals surface area contributed by atoms with Crippen LogP contribution in [0.15, 0.2) is 72.9 Å². The zero-order valence-corrected chi connectivity index (χ0v) is 20.8. The fourth-order valence-electron chi connectivity index (χ4n) is 4.12. The number of nitrogens with zero attached hydrogens (tertiary/aromatic N) is 2. The summed E-state index contributed by atoms with van der Waals surface area (Å²) in [6, 6.07) is 22.7. The number of hydrogen-bond acceptors (Lipinski definition) is 3. The number of fused-ring (bicyclic) bond motifs is 2. The van der Waals surface area contributed by atoms with Crippen molar-refractivity contribution in [2.24, 2.45) is 0 Å². The molecule has 3 heterocycles. The summed E-state index contributed by atoms with van der Waals surface area (Å²) in [4.78, 5) is 18.7. The zero-order chi connectivity index (χ0) is 23.7. The van der Waals surface area contributed by atoms with Crippen LogP contribution in [0.5, 0.6) is 0 Å². The number of amides is 1. The van der Waals surface area contributed by atoms with Gasteiger partial charge in [-0.25, -0.2) is 4.98 Å². The molecule has 34 heavy (non-hydrogen) atoms. The topological polar surface area (TPSA) is 46.4 Å². The number of benzene rings is 2. The number of aromatic nitrogens is 2. The Kier molecular flexibility index (Phi) is 6.40. The van der Waals surface area contributed by atoms with Gasteiger partial charge in [0.2, 0.25) is 5.91 Å². The molecule has 6 heteroatoms. The fraction of sp³-hybridized carbons (Fsp3) is 0.214. The second-order valence-electron chi connectivity index (χ2n) is 8.59. The van der Waals surface area contributed by atoms with Gasteiger partial charge in [-0.15, -0.1) is 11.3 Å². The van der Waals surface area contributed by atoms with Crippen molar-refractivity contribution >= 4 is 44.6 Å². The second-order valence-corrected chi connectivity index (χ2v) is 10.1. The molecule has 1 amide bonds. The highest BCUT2D eigenvalue weighted by molar-refractivity contribution is 7.22. The summed E-state index contributed by atoms with van der Waals surface area (Å²) in [5.74, 6) is 0.0621. The molecule has 0 spiro atoms. The third-order valence-electron chi connectivity index (χ3n) is 6.15. The van der Waals surface area contributed by atoms with E-state index in [2.05, 4.69) is 65.3 Å². The summed E-state index contributed by atoms with van der Waals surface area (Å²) in [5, 5.41) is 5.01. The van der Waals surface area contributed by atoms with Crippen LogP contribution in [0.4, 0.5) is 0 Å². The van der Waals surface area contributed by atoms with E-state index in [1.165, 1.54) is 15.0 Å². The molecule has 0 radical (unpaired) electrons. The molecule has 0 bridgehead atoms. The van der Waals surface area contributed by atoms with Crippen molar-refractivity contribution in [3.8, 4) is 21.7 Å². The Morgan fingerprint density at radius 2 is 1.85 bits per heavy atom. The van der Waals surface area contributed by atoms with Crippen LogP contribution in [0.3, 0.4) is 0 Å². The first kappa shape index (κ1) is 22.6. The third-order valence-corrected chi connectivity index (χ3v) is 7.57. The number of aryl methyl sites for hydroxylation is 1. The first-order chi connectivity index (χ1) is 16.5. The van der Waals surface area contributed by atoms with Crippen LogP contribution < -0.4 is 5.32 Å². The minimum Gasteiger partial charge on any atom is -0.354 e. The number of thiophene rings is 1. The Bertz CT molecular complexity index is 1440. The fourth-order valence-corrected chi connectivity index (χ4v) is 5.30. The molecule has 5 aromatic rings. The molecule has 1 atom stereocenters. The predicted octanol–water partition coefficient (Wildman–Crippen LogP) is 7.38. The molecule has 0 unspecified atom stereocenters. The molecule has 0 aliphatic carbocycles. The van der Waals surface area contributed by atoms with Crippen LogP contribution in [-0.2, 0) is 11.2 Å². The Balaban J connectivity index is 1.57. The SMILES string of the molecule is CC[C@@H](C)NC(=O)CCc1c(-c2ccc(Cl)cc2)nc2ccc(-c3cc4ccccc4s3)cn12. The van der Waals surface area contributed by atoms with E-state index in [0.29, 0.717) is 17.9 Å². The van der Waals surface area contributed by atoms with E-state index in [4.69, 9.17) is 16.6 Å². The van der Waals surface area contributed by atoms with E-state index in [9.17, 15) is 4.79 Å². The van der Waals surface area contributed by atoms with Crippen molar-refractivity contribution in [2.75, 3.05) is 0 Å². The number of rotatable bonds is 7. The van der Waals surface area contributed by atoms with Gasteiger partial charge in [0.05, 0.1) is 11.4 Å². The summed E-state index contributed by atoms with van der Waals surface area (Å²) < 4.78 is 3.41. The highest BCUT2D eigenvalue weighted by Crippen LogP contribution is 2.35. The number of halogens is 1. The van der Waals surface area contributed by atoms with E-state index < -0.39 is 0 Å². The van der Waals surface area contributed by atoms with Gasteiger partial charge in [-0.2, -0.15) is 0 Å². The highest BCUT2D eigenvalue weighted by Gasteiger charge is 2.17. The van der Waals surface area contributed by atoms with E-state index in [-0.39, 0.29) is 11.9 Å². The van der Waals surface area contributed by atoms with Gasteiger partial charge in [-0.05, 0) is 61.5 Å². The van der Waals surface area contributed by atoms with Crippen LogP contribution >= 0.6 is 22.9 Å². The standard InChI is InChI=1S/C28H26ClN3OS/c1-3-18(2)30-27(33)15-13-23-28(19-8-11-22(29)12-9-19)31-26-14-10-21(17-32(23)26)25-16-20-6-4-5-7-24(20)34-25/h4-12,14,16-18H,3,13,15H2,1-2H3,(H,30,33)/t18-/m1/s1. The van der Waals surface area contributed by atoms with Crippen molar-refractivity contribution in [3.63, 3.8) is 0 Å². The first-order valence-electron chi connectivity index (χ1n) is 11.6. The number of hydrogen-bond donors (Lipinski definition) is 1. The molecule has 4 nitrogen and oxygen atoms in total. The maximum Gasteiger partial charge on any atom is 0.220 e. The highest BCUT2D eigenvalue weighted by atomic mass is 35.5. The average Bonchev–Trinajstić information content (AvgIpc) is 3.44. The summed E-state index contributed by atoms with van der Waals surface area (Å²) >= 11 is 7.91. The Labute approximate surface area is 208 Å². The lowest BCUT2D eigenvalue weighted by Gasteiger charge is -2.12. The Hall–Kier alpha value is -3.15. The van der Waals surface area contributed by atoms with Crippen molar-refractivity contribution in [3.05, 3.63) is 83.6 Å². The smallest absolute Gasteiger partial charge is 0.220 e. The number of pyridine rings is 1. The van der Waals surface area contributed by atoms with Gasteiger partial charge in [-0.3, -0.25) is 4.79 Å². The molecule has 1 N–H and O–H groups in total. The quantitative estimate of drug-likeness (QED) is 0.260. The molecule has 0 aliphatic rings. The van der Waals surface area contributed by atoms with E-state index in [0.717, 1.165) is 34.6 Å². The van der Waals surface area contributed by atoms with Gasteiger partial charge in [0.1, 0.15) is 5.65 Å². The lowest BCUT2D eigenvalue weighted by Crippen LogP contribution is -2.32. The minimum absolute atomic E-state index is 0.0621. The lowest BCUT2D eigenvalue weighted by atomic mass is 10.1. The second kappa shape index (κ2) is 9.61. The van der Waals surface area contributed by atoms with Crippen LogP contribution in [0, 0.1) is 0 Å². The van der Waals surface area contributed by atoms with Crippen molar-refractivity contribution in [1.29, 1.82) is 0 Å². The number of carbonyl (C=O) groups excluding carboxylic acids is 1. The number of imidazole rings is 1. The molecule has 0 saturated carbocycles. The van der Waals surface area contributed by atoms with Gasteiger partial charge < -0.3 is 9.72 Å². The zero-order valence-electron chi connectivity index (χ0n) is 19.2. The molecule has 2 aromatic carbocycles.